The van der Waals surface area contributed by atoms with Gasteiger partial charge < -0.3 is 4.55 Å². The number of ketones is 2. The molecule has 1 aliphatic heterocycles. The van der Waals surface area contributed by atoms with E-state index in [1.165, 1.54) is 12.1 Å². The summed E-state index contributed by atoms with van der Waals surface area (Å²) >= 11 is 49.3. The molecule has 224 valence electrons. The van der Waals surface area contributed by atoms with E-state index in [1.807, 2.05) is 0 Å². The maximum atomic E-state index is 13.6. The lowest BCUT2D eigenvalue weighted by Gasteiger charge is -2.19. The smallest absolute Gasteiger partial charge is 0.267 e. The number of benzene rings is 3. The maximum absolute atomic E-state index is 13.6. The van der Waals surface area contributed by atoms with E-state index in [4.69, 9.17) is 92.8 Å². The number of halogens is 8. The van der Waals surface area contributed by atoms with Crippen molar-refractivity contribution in [2.24, 2.45) is 0 Å². The Labute approximate surface area is 286 Å². The Kier molecular flexibility index (Phi) is 7.70. The summed E-state index contributed by atoms with van der Waals surface area (Å²) in [6.07, 6.45) is 0. The zero-order chi connectivity index (χ0) is 32.3. The number of pyridine rings is 1. The van der Waals surface area contributed by atoms with Crippen molar-refractivity contribution in [3.63, 3.8) is 0 Å². The van der Waals surface area contributed by atoms with E-state index in [9.17, 15) is 32.1 Å². The third-order valence-corrected chi connectivity index (χ3v) is 11.4. The molecule has 2 aliphatic rings. The minimum absolute atomic E-state index is 0.0666. The molecule has 0 N–H and O–H groups in total. The van der Waals surface area contributed by atoms with Crippen LogP contribution in [0.5, 0.6) is 0 Å². The first-order valence-electron chi connectivity index (χ1n) is 11.6. The van der Waals surface area contributed by atoms with Crippen LogP contribution in [-0.4, -0.2) is 41.3 Å². The fraction of sp³-hybridized carbons (Fsp3) is 0.0385. The molecule has 0 radical (unpaired) electrons. The van der Waals surface area contributed by atoms with E-state index in [1.54, 1.807) is 0 Å². The van der Waals surface area contributed by atoms with Crippen molar-refractivity contribution < 1.29 is 32.1 Å². The summed E-state index contributed by atoms with van der Waals surface area (Å²) in [4.78, 5) is 58.3. The number of hydrogen-bond acceptors (Lipinski definition) is 8. The van der Waals surface area contributed by atoms with Gasteiger partial charge >= 0.3 is 0 Å². The van der Waals surface area contributed by atoms with Crippen LogP contribution < -0.4 is 4.90 Å². The number of nitrogens with zero attached hydrogens (tertiary/aromatic N) is 2. The number of Topliss-reactive ketones (excluding diaryl/α,β-unsaturated/α-hetero) is 2. The predicted molar refractivity (Wildman–Crippen MR) is 165 cm³/mol. The van der Waals surface area contributed by atoms with E-state index in [2.05, 4.69) is 4.98 Å². The molecule has 0 spiro atoms. The van der Waals surface area contributed by atoms with E-state index in [-0.39, 0.29) is 57.9 Å². The van der Waals surface area contributed by atoms with Crippen molar-refractivity contribution in [2.45, 2.75) is 10.8 Å². The maximum Gasteiger partial charge on any atom is 0.267 e. The van der Waals surface area contributed by atoms with Crippen LogP contribution in [-0.2, 0) is 10.1 Å². The van der Waals surface area contributed by atoms with Crippen LogP contribution in [0.3, 0.4) is 0 Å². The van der Waals surface area contributed by atoms with Gasteiger partial charge in [-0.2, -0.15) is 0 Å². The van der Waals surface area contributed by atoms with Crippen LogP contribution in [0.1, 0.15) is 53.0 Å². The molecule has 0 unspecified atom stereocenters. The summed E-state index contributed by atoms with van der Waals surface area (Å²) in [6.45, 7) is 0. The van der Waals surface area contributed by atoms with Crippen LogP contribution in [0.2, 0.25) is 40.2 Å². The number of hydrogen-bond donors (Lipinski definition) is 0. The summed E-state index contributed by atoms with van der Waals surface area (Å²) in [6, 6.07) is 4.10. The number of imide groups is 1. The molecule has 1 aliphatic carbocycles. The molecule has 2 heterocycles. The van der Waals surface area contributed by atoms with E-state index >= 15 is 0 Å². The highest BCUT2D eigenvalue weighted by Crippen LogP contribution is 2.49. The summed E-state index contributed by atoms with van der Waals surface area (Å²) in [5.41, 5.74) is -2.43. The first-order valence-corrected chi connectivity index (χ1v) is 16.0. The average molecular weight is 773 g/mol. The molecule has 0 saturated carbocycles. The first-order chi connectivity index (χ1) is 20.5. The van der Waals surface area contributed by atoms with Gasteiger partial charge in [-0.3, -0.25) is 19.2 Å². The molecule has 4 aromatic rings. The fourth-order valence-corrected chi connectivity index (χ4v) is 7.60. The molecule has 0 atom stereocenters. The van der Waals surface area contributed by atoms with E-state index < -0.39 is 71.2 Å². The van der Waals surface area contributed by atoms with E-state index in [0.717, 1.165) is 12.1 Å². The largest absolute Gasteiger partial charge is 0.744 e. The quantitative estimate of drug-likeness (QED) is 0.0666. The van der Waals surface area contributed by atoms with Gasteiger partial charge in [0.1, 0.15) is 16.0 Å². The Bertz CT molecular complexity index is 2150. The molecule has 0 saturated heterocycles. The fourth-order valence-electron chi connectivity index (χ4n) is 5.02. The highest BCUT2D eigenvalue weighted by atomic mass is 35.5. The second kappa shape index (κ2) is 10.7. The van der Waals surface area contributed by atoms with Crippen molar-refractivity contribution in [3.8, 4) is 0 Å². The Morgan fingerprint density at radius 1 is 0.636 bits per heavy atom. The van der Waals surface area contributed by atoms with Crippen LogP contribution in [0.15, 0.2) is 29.2 Å². The lowest BCUT2D eigenvalue weighted by Crippen LogP contribution is -2.30. The van der Waals surface area contributed by atoms with Gasteiger partial charge in [0.15, 0.2) is 11.6 Å². The molecule has 6 rings (SSSR count). The van der Waals surface area contributed by atoms with Gasteiger partial charge in [-0.25, -0.2) is 18.3 Å². The highest BCUT2D eigenvalue weighted by Gasteiger charge is 2.46. The molecule has 18 heteroatoms. The Balaban J connectivity index is 1.60. The van der Waals surface area contributed by atoms with Crippen molar-refractivity contribution in [1.82, 2.24) is 4.98 Å². The van der Waals surface area contributed by atoms with Gasteiger partial charge in [-0.05, 0) is 18.2 Å². The lowest BCUT2D eigenvalue weighted by atomic mass is 9.98. The molecular weight excluding hydrogens is 768 g/mol. The number of carbonyl (C=O) groups is 4. The first kappa shape index (κ1) is 31.7. The standard InChI is InChI=1S/C26H6Cl8N2O7S/c27-14-10-11(15(28)19(32)18(14)31)24(38)9(23(10)37)7-2-1-5-3-6(44(41,42)43)4-8(22(5)35-7)36-25(39)12-13(26(36)40)17(30)21(34)20(33)16(12)29/h1-4,9H,(H,41,42,43)/p-1. The van der Waals surface area contributed by atoms with Gasteiger partial charge in [0, 0.05) is 5.39 Å². The van der Waals surface area contributed by atoms with Gasteiger partial charge in [-0.15, -0.1) is 0 Å². The predicted octanol–water partition coefficient (Wildman–Crippen LogP) is 8.33. The zero-order valence-corrected chi connectivity index (χ0v) is 27.4. The Morgan fingerprint density at radius 3 is 1.50 bits per heavy atom. The highest BCUT2D eigenvalue weighted by molar-refractivity contribution is 7.85. The van der Waals surface area contributed by atoms with Crippen LogP contribution in [0.4, 0.5) is 5.69 Å². The summed E-state index contributed by atoms with van der Waals surface area (Å²) in [5, 5.41) is -2.64. The number of amides is 2. The summed E-state index contributed by atoms with van der Waals surface area (Å²) in [7, 11) is -5.16. The second-order valence-electron chi connectivity index (χ2n) is 9.32. The van der Waals surface area contributed by atoms with Crippen LogP contribution in [0, 0.1) is 0 Å². The molecule has 9 nitrogen and oxygen atoms in total. The molecule has 0 fully saturated rings. The van der Waals surface area contributed by atoms with Crippen molar-refractivity contribution in [1.29, 1.82) is 0 Å². The Morgan fingerprint density at radius 2 is 1.07 bits per heavy atom. The molecule has 0 bridgehead atoms. The van der Waals surface area contributed by atoms with Crippen LogP contribution >= 0.6 is 92.8 Å². The third kappa shape index (κ3) is 4.39. The number of rotatable bonds is 3. The second-order valence-corrected chi connectivity index (χ2v) is 13.7. The summed E-state index contributed by atoms with van der Waals surface area (Å²) < 4.78 is 36.2. The molecule has 1 aromatic heterocycles. The molecule has 44 heavy (non-hydrogen) atoms. The van der Waals surface area contributed by atoms with Gasteiger partial charge in [-0.1, -0.05) is 98.9 Å². The minimum Gasteiger partial charge on any atom is -0.744 e. The number of aromatic nitrogens is 1. The monoisotopic (exact) mass is 769 g/mol. The molecular formula is C26H5Cl8N2O7S-. The number of anilines is 1. The number of carbonyl (C=O) groups excluding carboxylic acids is 4. The lowest BCUT2D eigenvalue weighted by molar-refractivity contribution is 0.0882. The van der Waals surface area contributed by atoms with E-state index in [0.29, 0.717) is 4.90 Å². The van der Waals surface area contributed by atoms with Crippen molar-refractivity contribution in [2.75, 3.05) is 4.90 Å². The van der Waals surface area contributed by atoms with Crippen molar-refractivity contribution >= 4 is 143 Å². The van der Waals surface area contributed by atoms with Gasteiger partial charge in [0.05, 0.1) is 84.2 Å². The zero-order valence-electron chi connectivity index (χ0n) is 20.6. The number of fused-ring (bicyclic) bond motifs is 3. The normalized spacial score (nSPS) is 15.2. The van der Waals surface area contributed by atoms with Crippen molar-refractivity contribution in [3.05, 3.63) is 92.4 Å². The third-order valence-electron chi connectivity index (χ3n) is 6.98. The molecule has 2 amide bonds. The van der Waals surface area contributed by atoms with Crippen LogP contribution in [0.25, 0.3) is 10.9 Å². The molecule has 3 aromatic carbocycles. The summed E-state index contributed by atoms with van der Waals surface area (Å²) in [5.74, 6) is -5.49. The van der Waals surface area contributed by atoms with Gasteiger partial charge in [0.25, 0.3) is 11.8 Å². The Hall–Kier alpha value is -2.22. The average Bonchev–Trinajstić information content (AvgIpc) is 3.39. The van der Waals surface area contributed by atoms with Gasteiger partial charge in [0.2, 0.25) is 0 Å². The SMILES string of the molecule is O=C1c2c(Cl)c(Cl)c(Cl)c(Cl)c2C(=O)C1c1ccc2cc(S(=O)(=O)[O-])cc(N3C(=O)c4c(Cl)c(Cl)c(Cl)c(Cl)c4C3=O)c2n1. The topological polar surface area (TPSA) is 142 Å². The minimum atomic E-state index is -5.16.